The lowest BCUT2D eigenvalue weighted by atomic mass is 10.0. The lowest BCUT2D eigenvalue weighted by Gasteiger charge is -2.21. The number of unbranched alkanes of at least 4 members (excludes halogenated alkanes) is 44. The van der Waals surface area contributed by atoms with Crippen LogP contribution in [0.2, 0.25) is 0 Å². The lowest BCUT2D eigenvalue weighted by Crippen LogP contribution is -2.30. The van der Waals surface area contributed by atoms with Gasteiger partial charge >= 0.3 is 39.5 Å². The van der Waals surface area contributed by atoms with Gasteiger partial charge in [0, 0.05) is 25.7 Å². The number of hydrogen-bond acceptors (Lipinski definition) is 15. The van der Waals surface area contributed by atoms with Gasteiger partial charge in [0.05, 0.1) is 26.4 Å². The molecule has 5 atom stereocenters. The second-order valence-corrected chi connectivity index (χ2v) is 27.8. The summed E-state index contributed by atoms with van der Waals surface area (Å²) < 4.78 is 67.9. The van der Waals surface area contributed by atoms with Gasteiger partial charge in [-0.25, -0.2) is 9.13 Å². The maximum atomic E-state index is 13.0. The molecule has 19 heteroatoms. The maximum absolute atomic E-state index is 13.0. The molecule has 0 aromatic carbocycles. The minimum absolute atomic E-state index is 0.104. The first-order valence-electron chi connectivity index (χ1n) is 36.3. The van der Waals surface area contributed by atoms with Crippen molar-refractivity contribution in [2.24, 2.45) is 0 Å². The van der Waals surface area contributed by atoms with Crippen molar-refractivity contribution in [1.82, 2.24) is 0 Å². The van der Waals surface area contributed by atoms with E-state index in [0.717, 1.165) is 103 Å². The second kappa shape index (κ2) is 63.8. The summed E-state index contributed by atoms with van der Waals surface area (Å²) in [4.78, 5) is 72.1. The Balaban J connectivity index is 5.11. The molecule has 0 saturated carbocycles. The van der Waals surface area contributed by atoms with Crippen molar-refractivity contribution in [2.45, 2.75) is 380 Å². The highest BCUT2D eigenvalue weighted by Crippen LogP contribution is 2.45. The van der Waals surface area contributed by atoms with Gasteiger partial charge in [0.15, 0.2) is 12.2 Å². The number of rotatable bonds is 70. The van der Waals surface area contributed by atoms with Crippen LogP contribution in [-0.2, 0) is 65.4 Å². The molecule has 17 nitrogen and oxygen atoms in total. The smallest absolute Gasteiger partial charge is 0.462 e. The largest absolute Gasteiger partial charge is 0.472 e. The summed E-state index contributed by atoms with van der Waals surface area (Å²) in [5, 5.41) is 10.5. The fourth-order valence-electron chi connectivity index (χ4n) is 10.5. The standard InChI is InChI=1S/C69H134O17P2/c1-5-9-13-17-20-23-25-27-29-31-33-35-37-39-41-44-48-52-56-69(74)86-65(60-80-67(72)54-50-46-43-40-38-36-34-32-30-28-26-24-21-18-14-10-6-2)62-84-88(77,78)82-58-63(70)57-81-87(75,76)83-61-64(59-79-66(71)53-49-45-16-12-8-4)85-68(73)55-51-47-42-22-19-15-11-7-3/h63-65,70H,5-62H2,1-4H3,(H,75,76)(H,77,78)/t63-,64+,65+/m0/s1. The molecule has 522 valence electrons. The Morgan fingerprint density at radius 3 is 0.670 bits per heavy atom. The number of aliphatic hydroxyl groups is 1. The molecule has 0 fully saturated rings. The molecule has 0 aliphatic rings. The third kappa shape index (κ3) is 62.8. The Bertz CT molecular complexity index is 1690. The fourth-order valence-corrected chi connectivity index (χ4v) is 12.1. The number of esters is 4. The Morgan fingerprint density at radius 1 is 0.273 bits per heavy atom. The van der Waals surface area contributed by atoms with Crippen molar-refractivity contribution in [3.05, 3.63) is 0 Å². The van der Waals surface area contributed by atoms with Gasteiger partial charge in [0.1, 0.15) is 19.3 Å². The molecule has 0 aromatic heterocycles. The van der Waals surface area contributed by atoms with Crippen molar-refractivity contribution < 1.29 is 80.2 Å². The quantitative estimate of drug-likeness (QED) is 0.0222. The van der Waals surface area contributed by atoms with Gasteiger partial charge in [-0.1, -0.05) is 310 Å². The lowest BCUT2D eigenvalue weighted by molar-refractivity contribution is -0.161. The van der Waals surface area contributed by atoms with E-state index in [1.807, 2.05) is 0 Å². The molecule has 0 aliphatic carbocycles. The van der Waals surface area contributed by atoms with E-state index < -0.39 is 97.5 Å². The summed E-state index contributed by atoms with van der Waals surface area (Å²) in [5.74, 6) is -2.14. The number of carbonyl (C=O) groups excluding carboxylic acids is 4. The third-order valence-corrected chi connectivity index (χ3v) is 18.0. The molecule has 0 radical (unpaired) electrons. The van der Waals surface area contributed by atoms with Crippen LogP contribution >= 0.6 is 15.6 Å². The summed E-state index contributed by atoms with van der Waals surface area (Å²) in [6.45, 7) is 4.82. The molecule has 3 N–H and O–H groups in total. The van der Waals surface area contributed by atoms with Crippen LogP contribution in [0.25, 0.3) is 0 Å². The molecular formula is C69H134O17P2. The van der Waals surface area contributed by atoms with Gasteiger partial charge < -0.3 is 33.8 Å². The van der Waals surface area contributed by atoms with Crippen LogP contribution in [0.5, 0.6) is 0 Å². The first-order chi connectivity index (χ1) is 42.7. The summed E-state index contributed by atoms with van der Waals surface area (Å²) in [6.07, 6.45) is 51.9. The predicted octanol–water partition coefficient (Wildman–Crippen LogP) is 19.9. The van der Waals surface area contributed by atoms with Crippen LogP contribution < -0.4 is 0 Å². The summed E-state index contributed by atoms with van der Waals surface area (Å²) in [7, 11) is -9.88. The average Bonchev–Trinajstić information content (AvgIpc) is 3.60. The Kier molecular flexibility index (Phi) is 62.4. The maximum Gasteiger partial charge on any atom is 0.472 e. The molecule has 88 heavy (non-hydrogen) atoms. The van der Waals surface area contributed by atoms with E-state index in [9.17, 15) is 43.2 Å². The number of ether oxygens (including phenoxy) is 4. The zero-order valence-electron chi connectivity index (χ0n) is 56.7. The van der Waals surface area contributed by atoms with Crippen LogP contribution in [-0.4, -0.2) is 96.7 Å². The van der Waals surface area contributed by atoms with Crippen molar-refractivity contribution in [1.29, 1.82) is 0 Å². The second-order valence-electron chi connectivity index (χ2n) is 24.9. The Morgan fingerprint density at radius 2 is 0.455 bits per heavy atom. The summed E-state index contributed by atoms with van der Waals surface area (Å²) >= 11 is 0. The van der Waals surface area contributed by atoms with Crippen LogP contribution in [0.15, 0.2) is 0 Å². The third-order valence-electron chi connectivity index (χ3n) is 16.1. The van der Waals surface area contributed by atoms with E-state index >= 15 is 0 Å². The van der Waals surface area contributed by atoms with Gasteiger partial charge in [-0.15, -0.1) is 0 Å². The van der Waals surface area contributed by atoms with Crippen LogP contribution in [0.1, 0.15) is 362 Å². The molecule has 0 rings (SSSR count). The zero-order valence-corrected chi connectivity index (χ0v) is 58.5. The van der Waals surface area contributed by atoms with Gasteiger partial charge in [-0.05, 0) is 25.7 Å². The minimum Gasteiger partial charge on any atom is -0.462 e. The molecule has 0 heterocycles. The molecule has 0 aromatic rings. The Hall–Kier alpha value is -1.94. The van der Waals surface area contributed by atoms with E-state index in [0.29, 0.717) is 25.7 Å². The summed E-state index contributed by atoms with van der Waals surface area (Å²) in [6, 6.07) is 0. The first-order valence-corrected chi connectivity index (χ1v) is 39.3. The topological polar surface area (TPSA) is 237 Å². The van der Waals surface area contributed by atoms with Crippen LogP contribution in [0.3, 0.4) is 0 Å². The molecule has 2 unspecified atom stereocenters. The number of carbonyl (C=O) groups is 4. The van der Waals surface area contributed by atoms with E-state index in [4.69, 9.17) is 37.0 Å². The summed E-state index contributed by atoms with van der Waals surface area (Å²) in [5.41, 5.74) is 0. The van der Waals surface area contributed by atoms with E-state index in [1.165, 1.54) is 180 Å². The van der Waals surface area contributed by atoms with Crippen molar-refractivity contribution in [2.75, 3.05) is 39.6 Å². The van der Waals surface area contributed by atoms with Crippen LogP contribution in [0.4, 0.5) is 0 Å². The highest BCUT2D eigenvalue weighted by Gasteiger charge is 2.30. The van der Waals surface area contributed by atoms with Gasteiger partial charge in [0.25, 0.3) is 0 Å². The van der Waals surface area contributed by atoms with Crippen molar-refractivity contribution in [3.8, 4) is 0 Å². The SMILES string of the molecule is CCCCCCCCCCCCCCCCCCCCC(=O)O[C@H](COC(=O)CCCCCCCCCCCCCCCCCCC)COP(=O)(O)OC[C@@H](O)COP(=O)(O)OC[C@@H](COC(=O)CCCCCCC)OC(=O)CCCCCCCCCC. The number of phosphoric ester groups is 2. The van der Waals surface area contributed by atoms with Crippen molar-refractivity contribution >= 4 is 39.5 Å². The van der Waals surface area contributed by atoms with E-state index in [-0.39, 0.29) is 25.7 Å². The number of aliphatic hydroxyl groups excluding tert-OH is 1. The van der Waals surface area contributed by atoms with E-state index in [2.05, 4.69) is 27.7 Å². The molecule has 0 amide bonds. The highest BCUT2D eigenvalue weighted by atomic mass is 31.2. The molecule has 0 bridgehead atoms. The van der Waals surface area contributed by atoms with Crippen molar-refractivity contribution in [3.63, 3.8) is 0 Å². The molecule has 0 spiro atoms. The van der Waals surface area contributed by atoms with Gasteiger partial charge in [-0.3, -0.25) is 37.3 Å². The molecule has 0 aliphatic heterocycles. The highest BCUT2D eigenvalue weighted by molar-refractivity contribution is 7.47. The predicted molar refractivity (Wildman–Crippen MR) is 354 cm³/mol. The monoisotopic (exact) mass is 1300 g/mol. The van der Waals surface area contributed by atoms with Gasteiger partial charge in [0.2, 0.25) is 0 Å². The van der Waals surface area contributed by atoms with Crippen LogP contribution in [0, 0.1) is 0 Å². The number of hydrogen-bond donors (Lipinski definition) is 3. The van der Waals surface area contributed by atoms with Gasteiger partial charge in [-0.2, -0.15) is 0 Å². The zero-order chi connectivity index (χ0) is 64.7. The van der Waals surface area contributed by atoms with E-state index in [1.54, 1.807) is 0 Å². The average molecular weight is 1300 g/mol. The normalized spacial score (nSPS) is 14.0. The fraction of sp³-hybridized carbons (Fsp3) is 0.942. The molecular weight excluding hydrogens is 1160 g/mol. The molecule has 0 saturated heterocycles. The minimum atomic E-state index is -4.95. The number of phosphoric acid groups is 2. The first kappa shape index (κ1) is 86.1. The Labute approximate surface area is 537 Å².